The molecule has 2 aliphatic rings. The summed E-state index contributed by atoms with van der Waals surface area (Å²) in [6, 6.07) is 0.324. The number of amides is 2. The van der Waals surface area contributed by atoms with Gasteiger partial charge in [-0.15, -0.1) is 12.4 Å². The van der Waals surface area contributed by atoms with Gasteiger partial charge in [-0.2, -0.15) is 0 Å². The monoisotopic (exact) mass is 347 g/mol. The van der Waals surface area contributed by atoms with Crippen molar-refractivity contribution in [3.63, 3.8) is 0 Å². The van der Waals surface area contributed by atoms with Crippen LogP contribution in [0.25, 0.3) is 0 Å². The smallest absolute Gasteiger partial charge is 0.241 e. The maximum Gasteiger partial charge on any atom is 0.241 e. The normalized spacial score (nSPS) is 21.1. The first-order valence-electron chi connectivity index (χ1n) is 8.41. The van der Waals surface area contributed by atoms with E-state index in [2.05, 4.69) is 5.32 Å². The summed E-state index contributed by atoms with van der Waals surface area (Å²) in [5.74, 6) is -0.122. The Morgan fingerprint density at radius 1 is 1.22 bits per heavy atom. The minimum atomic E-state index is -0.568. The summed E-state index contributed by atoms with van der Waals surface area (Å²) < 4.78 is 5.31. The van der Waals surface area contributed by atoms with Crippen molar-refractivity contribution in [3.8, 4) is 0 Å². The van der Waals surface area contributed by atoms with Gasteiger partial charge in [-0.3, -0.25) is 9.59 Å². The highest BCUT2D eigenvalue weighted by Crippen LogP contribution is 2.29. The van der Waals surface area contributed by atoms with E-state index in [1.165, 1.54) is 19.3 Å². The molecule has 2 amide bonds. The summed E-state index contributed by atoms with van der Waals surface area (Å²) in [5, 5.41) is 2.80. The van der Waals surface area contributed by atoms with Crippen LogP contribution in [0.2, 0.25) is 0 Å². The molecule has 0 aromatic rings. The van der Waals surface area contributed by atoms with Crippen LogP contribution < -0.4 is 11.1 Å². The Balaban J connectivity index is 0.00000264. The molecule has 2 fully saturated rings. The van der Waals surface area contributed by atoms with Gasteiger partial charge in [-0.25, -0.2) is 0 Å². The molecule has 1 saturated carbocycles. The lowest BCUT2D eigenvalue weighted by atomic mass is 9.79. The lowest BCUT2D eigenvalue weighted by molar-refractivity contribution is -0.140. The third-order valence-corrected chi connectivity index (χ3v) is 5.24. The van der Waals surface area contributed by atoms with Crippen LogP contribution in [0.1, 0.15) is 44.9 Å². The fraction of sp³-hybridized carbons (Fsp3) is 0.875. The number of carbonyl (C=O) groups excluding carboxylic acids is 2. The Morgan fingerprint density at radius 2 is 1.83 bits per heavy atom. The molecule has 23 heavy (non-hydrogen) atoms. The Kier molecular flexibility index (Phi) is 8.29. The zero-order chi connectivity index (χ0) is 16.0. The van der Waals surface area contributed by atoms with Crippen LogP contribution in [-0.4, -0.2) is 56.1 Å². The highest BCUT2D eigenvalue weighted by atomic mass is 35.5. The molecule has 0 unspecified atom stereocenters. The van der Waals surface area contributed by atoms with E-state index < -0.39 is 5.41 Å². The van der Waals surface area contributed by atoms with Crippen LogP contribution >= 0.6 is 12.4 Å². The molecule has 0 aromatic heterocycles. The van der Waals surface area contributed by atoms with E-state index in [1.54, 1.807) is 4.90 Å². The molecular formula is C16H30ClN3O3. The van der Waals surface area contributed by atoms with Crippen molar-refractivity contribution in [1.82, 2.24) is 10.2 Å². The molecule has 1 saturated heterocycles. The van der Waals surface area contributed by atoms with E-state index in [1.807, 2.05) is 7.05 Å². The fourth-order valence-electron chi connectivity index (χ4n) is 3.43. The van der Waals surface area contributed by atoms with Crippen molar-refractivity contribution in [2.45, 2.75) is 51.0 Å². The number of likely N-dealkylation sites (N-methyl/N-ethyl adjacent to an activating group) is 1. The van der Waals surface area contributed by atoms with Crippen molar-refractivity contribution in [1.29, 1.82) is 0 Å². The Bertz CT molecular complexity index is 394. The lowest BCUT2D eigenvalue weighted by Crippen LogP contribution is -2.52. The Morgan fingerprint density at radius 3 is 2.39 bits per heavy atom. The number of ether oxygens (including phenoxy) is 1. The molecule has 1 heterocycles. The quantitative estimate of drug-likeness (QED) is 0.779. The molecule has 7 heteroatoms. The third kappa shape index (κ3) is 5.06. The highest BCUT2D eigenvalue weighted by Gasteiger charge is 2.39. The molecule has 6 nitrogen and oxygen atoms in total. The van der Waals surface area contributed by atoms with Crippen LogP contribution in [0.5, 0.6) is 0 Å². The molecule has 0 radical (unpaired) electrons. The van der Waals surface area contributed by atoms with Crippen LogP contribution in [-0.2, 0) is 14.3 Å². The predicted octanol–water partition coefficient (Wildman–Crippen LogP) is 1.07. The van der Waals surface area contributed by atoms with E-state index in [4.69, 9.17) is 10.5 Å². The first-order chi connectivity index (χ1) is 10.6. The Hall–Kier alpha value is -0.850. The van der Waals surface area contributed by atoms with Gasteiger partial charge in [0.1, 0.15) is 0 Å². The third-order valence-electron chi connectivity index (χ3n) is 5.24. The van der Waals surface area contributed by atoms with E-state index in [0.29, 0.717) is 38.6 Å². The van der Waals surface area contributed by atoms with E-state index >= 15 is 0 Å². The van der Waals surface area contributed by atoms with Gasteiger partial charge in [0.05, 0.1) is 12.0 Å². The number of hydrogen-bond acceptors (Lipinski definition) is 4. The van der Waals surface area contributed by atoms with Crippen LogP contribution in [0.4, 0.5) is 0 Å². The highest BCUT2D eigenvalue weighted by molar-refractivity contribution is 5.88. The summed E-state index contributed by atoms with van der Waals surface area (Å²) in [6.07, 6.45) is 7.02. The van der Waals surface area contributed by atoms with Crippen molar-refractivity contribution in [3.05, 3.63) is 0 Å². The van der Waals surface area contributed by atoms with Gasteiger partial charge in [-0.1, -0.05) is 19.3 Å². The second-order valence-electron chi connectivity index (χ2n) is 6.58. The summed E-state index contributed by atoms with van der Waals surface area (Å²) in [6.45, 7) is 1.48. The predicted molar refractivity (Wildman–Crippen MR) is 91.4 cm³/mol. The molecule has 0 aromatic carbocycles. The average molecular weight is 348 g/mol. The molecule has 2 rings (SSSR count). The number of hydrogen-bond donors (Lipinski definition) is 2. The SMILES string of the molecule is CN(C(=O)CNC(=O)C1(CN)CCOCC1)C1CCCCC1.Cl. The number of nitrogens with one attached hydrogen (secondary N) is 1. The van der Waals surface area contributed by atoms with Gasteiger partial charge in [0.15, 0.2) is 0 Å². The first kappa shape index (κ1) is 20.2. The number of rotatable bonds is 5. The molecule has 134 valence electrons. The number of halogens is 1. The number of nitrogens with zero attached hydrogens (tertiary/aromatic N) is 1. The lowest BCUT2D eigenvalue weighted by Gasteiger charge is -2.35. The maximum absolute atomic E-state index is 12.4. The summed E-state index contributed by atoms with van der Waals surface area (Å²) >= 11 is 0. The van der Waals surface area contributed by atoms with Crippen LogP contribution in [0, 0.1) is 5.41 Å². The first-order valence-corrected chi connectivity index (χ1v) is 8.41. The van der Waals surface area contributed by atoms with E-state index in [-0.39, 0.29) is 30.8 Å². The van der Waals surface area contributed by atoms with Gasteiger partial charge in [-0.05, 0) is 25.7 Å². The maximum atomic E-state index is 12.4. The zero-order valence-corrected chi connectivity index (χ0v) is 14.8. The number of nitrogens with two attached hydrogens (primary N) is 1. The van der Waals surface area contributed by atoms with Crippen LogP contribution in [0.3, 0.4) is 0 Å². The molecule has 0 atom stereocenters. The molecule has 3 N–H and O–H groups in total. The molecular weight excluding hydrogens is 318 g/mol. The van der Waals surface area contributed by atoms with Gasteiger partial charge in [0, 0.05) is 32.8 Å². The molecule has 0 spiro atoms. The van der Waals surface area contributed by atoms with Gasteiger partial charge in [0.2, 0.25) is 11.8 Å². The molecule has 1 aliphatic carbocycles. The van der Waals surface area contributed by atoms with E-state index in [0.717, 1.165) is 12.8 Å². The van der Waals surface area contributed by atoms with Gasteiger partial charge in [0.25, 0.3) is 0 Å². The second-order valence-corrected chi connectivity index (χ2v) is 6.58. The molecule has 0 bridgehead atoms. The molecule has 1 aliphatic heterocycles. The fourth-order valence-corrected chi connectivity index (χ4v) is 3.43. The summed E-state index contributed by atoms with van der Waals surface area (Å²) in [7, 11) is 1.84. The van der Waals surface area contributed by atoms with Crippen molar-refractivity contribution in [2.24, 2.45) is 11.1 Å². The number of carbonyl (C=O) groups is 2. The average Bonchev–Trinajstić information content (AvgIpc) is 2.59. The summed E-state index contributed by atoms with van der Waals surface area (Å²) in [5.41, 5.74) is 5.24. The standard InChI is InChI=1S/C16H29N3O3.ClH/c1-19(13-5-3-2-4-6-13)14(20)11-18-15(21)16(12-17)7-9-22-10-8-16;/h13H,2-12,17H2,1H3,(H,18,21);1H. The van der Waals surface area contributed by atoms with Gasteiger partial charge < -0.3 is 20.7 Å². The topological polar surface area (TPSA) is 84.7 Å². The largest absolute Gasteiger partial charge is 0.381 e. The van der Waals surface area contributed by atoms with E-state index in [9.17, 15) is 9.59 Å². The zero-order valence-electron chi connectivity index (χ0n) is 14.0. The van der Waals surface area contributed by atoms with Crippen molar-refractivity contribution >= 4 is 24.2 Å². The van der Waals surface area contributed by atoms with Crippen LogP contribution in [0.15, 0.2) is 0 Å². The Labute approximate surface area is 144 Å². The van der Waals surface area contributed by atoms with Gasteiger partial charge >= 0.3 is 0 Å². The van der Waals surface area contributed by atoms with Crippen molar-refractivity contribution in [2.75, 3.05) is 33.4 Å². The minimum Gasteiger partial charge on any atom is -0.381 e. The minimum absolute atomic E-state index is 0. The summed E-state index contributed by atoms with van der Waals surface area (Å²) in [4.78, 5) is 26.5. The second kappa shape index (κ2) is 9.45. The van der Waals surface area contributed by atoms with Crippen molar-refractivity contribution < 1.29 is 14.3 Å².